The number of hydrogen-bond donors (Lipinski definition) is 0. The Hall–Kier alpha value is -2.28. The summed E-state index contributed by atoms with van der Waals surface area (Å²) in [6, 6.07) is 0. The van der Waals surface area contributed by atoms with Crippen LogP contribution in [0.1, 0.15) is 35.1 Å². The van der Waals surface area contributed by atoms with Gasteiger partial charge in [-0.05, 0) is 20.3 Å². The number of carbonyl (C=O) groups excluding carboxylic acids is 1. The quantitative estimate of drug-likeness (QED) is 0.847. The molecule has 1 aliphatic rings. The second kappa shape index (κ2) is 7.53. The largest absolute Gasteiger partial charge is 0.336 e. The summed E-state index contributed by atoms with van der Waals surface area (Å²) in [5.41, 5.74) is 2.47. The molecule has 1 aliphatic heterocycles. The van der Waals surface area contributed by atoms with Crippen LogP contribution in [-0.4, -0.2) is 61.6 Å². The molecule has 128 valence electrons. The third kappa shape index (κ3) is 3.97. The molecule has 0 N–H and O–H groups in total. The van der Waals surface area contributed by atoms with Gasteiger partial charge in [-0.1, -0.05) is 0 Å². The molecule has 0 radical (unpaired) electrons. The van der Waals surface area contributed by atoms with Crippen LogP contribution in [0, 0.1) is 6.92 Å². The molecular weight excluding hydrogens is 304 g/mol. The molecule has 1 saturated heterocycles. The zero-order chi connectivity index (χ0) is 16.9. The normalized spacial score (nSPS) is 16.2. The van der Waals surface area contributed by atoms with E-state index >= 15 is 0 Å². The van der Waals surface area contributed by atoms with Crippen molar-refractivity contribution in [3.8, 4) is 0 Å². The summed E-state index contributed by atoms with van der Waals surface area (Å²) in [4.78, 5) is 25.2. The molecule has 0 aliphatic carbocycles. The maximum absolute atomic E-state index is 12.6. The maximum atomic E-state index is 12.6. The third-order valence-corrected chi connectivity index (χ3v) is 4.29. The molecular formula is C17H24N6O. The Kier molecular flexibility index (Phi) is 5.20. The standard InChI is InChI=1S/C17H24N6O/c1-3-23-13-15(10-20-23)12-21-5-4-6-22(8-7-21)17(24)16-11-18-14(2)9-19-16/h9-11,13H,3-8,12H2,1-2H3. The fourth-order valence-corrected chi connectivity index (χ4v) is 2.92. The van der Waals surface area contributed by atoms with Crippen LogP contribution < -0.4 is 0 Å². The van der Waals surface area contributed by atoms with Gasteiger partial charge in [0, 0.05) is 57.2 Å². The van der Waals surface area contributed by atoms with Crippen molar-refractivity contribution in [3.05, 3.63) is 41.7 Å². The third-order valence-electron chi connectivity index (χ3n) is 4.29. The van der Waals surface area contributed by atoms with Gasteiger partial charge in [-0.15, -0.1) is 0 Å². The van der Waals surface area contributed by atoms with Gasteiger partial charge in [-0.3, -0.25) is 19.4 Å². The van der Waals surface area contributed by atoms with E-state index in [1.54, 1.807) is 12.4 Å². The zero-order valence-electron chi connectivity index (χ0n) is 14.4. The summed E-state index contributed by atoms with van der Waals surface area (Å²) in [5, 5.41) is 4.32. The van der Waals surface area contributed by atoms with Gasteiger partial charge >= 0.3 is 0 Å². The lowest BCUT2D eigenvalue weighted by Crippen LogP contribution is -2.35. The van der Waals surface area contributed by atoms with E-state index in [4.69, 9.17) is 0 Å². The van der Waals surface area contributed by atoms with E-state index in [2.05, 4.69) is 33.1 Å². The lowest BCUT2D eigenvalue weighted by Gasteiger charge is -2.21. The molecule has 1 fully saturated rings. The van der Waals surface area contributed by atoms with Gasteiger partial charge in [0.25, 0.3) is 5.91 Å². The SMILES string of the molecule is CCn1cc(CN2CCCN(C(=O)c3cnc(C)cn3)CC2)cn1. The lowest BCUT2D eigenvalue weighted by atomic mass is 10.3. The van der Waals surface area contributed by atoms with Crippen molar-refractivity contribution < 1.29 is 4.79 Å². The molecule has 3 rings (SSSR count). The van der Waals surface area contributed by atoms with E-state index in [1.165, 1.54) is 5.56 Å². The average Bonchev–Trinajstić information content (AvgIpc) is 2.92. The Bertz CT molecular complexity index is 681. The Morgan fingerprint density at radius 2 is 2.00 bits per heavy atom. The second-order valence-corrected chi connectivity index (χ2v) is 6.17. The summed E-state index contributed by atoms with van der Waals surface area (Å²) in [6.45, 7) is 9.05. The summed E-state index contributed by atoms with van der Waals surface area (Å²) >= 11 is 0. The van der Waals surface area contributed by atoms with Crippen molar-refractivity contribution in [1.82, 2.24) is 29.5 Å². The van der Waals surface area contributed by atoms with Gasteiger partial charge in [0.05, 0.1) is 18.1 Å². The highest BCUT2D eigenvalue weighted by atomic mass is 16.2. The predicted octanol–water partition coefficient (Wildman–Crippen LogP) is 1.35. The van der Waals surface area contributed by atoms with Crippen molar-refractivity contribution in [2.24, 2.45) is 0 Å². The molecule has 2 aromatic heterocycles. The first kappa shape index (κ1) is 16.6. The predicted molar refractivity (Wildman–Crippen MR) is 90.5 cm³/mol. The molecule has 2 aromatic rings. The highest BCUT2D eigenvalue weighted by Gasteiger charge is 2.21. The van der Waals surface area contributed by atoms with Gasteiger partial charge in [-0.25, -0.2) is 4.98 Å². The van der Waals surface area contributed by atoms with Crippen molar-refractivity contribution >= 4 is 5.91 Å². The second-order valence-electron chi connectivity index (χ2n) is 6.17. The Balaban J connectivity index is 1.58. The highest BCUT2D eigenvalue weighted by Crippen LogP contribution is 2.11. The zero-order valence-corrected chi connectivity index (χ0v) is 14.4. The van der Waals surface area contributed by atoms with Crippen LogP contribution in [0.25, 0.3) is 0 Å². The molecule has 7 nitrogen and oxygen atoms in total. The summed E-state index contributed by atoms with van der Waals surface area (Å²) in [5.74, 6) is -0.0249. The maximum Gasteiger partial charge on any atom is 0.274 e. The van der Waals surface area contributed by atoms with Gasteiger partial charge in [0.1, 0.15) is 5.69 Å². The summed E-state index contributed by atoms with van der Waals surface area (Å²) in [6.07, 6.45) is 8.20. The Labute approximate surface area is 142 Å². The minimum absolute atomic E-state index is 0.0249. The molecule has 3 heterocycles. The van der Waals surface area contributed by atoms with Crippen molar-refractivity contribution in [3.63, 3.8) is 0 Å². The number of aryl methyl sites for hydroxylation is 2. The van der Waals surface area contributed by atoms with Crippen LogP contribution in [0.15, 0.2) is 24.8 Å². The number of amides is 1. The smallest absolute Gasteiger partial charge is 0.274 e. The van der Waals surface area contributed by atoms with Gasteiger partial charge < -0.3 is 4.90 Å². The Morgan fingerprint density at radius 1 is 1.12 bits per heavy atom. The van der Waals surface area contributed by atoms with Crippen LogP contribution in [0.5, 0.6) is 0 Å². The minimum atomic E-state index is -0.0249. The summed E-state index contributed by atoms with van der Waals surface area (Å²) < 4.78 is 1.94. The fourth-order valence-electron chi connectivity index (χ4n) is 2.92. The van der Waals surface area contributed by atoms with Gasteiger partial charge in [-0.2, -0.15) is 5.10 Å². The topological polar surface area (TPSA) is 67.2 Å². The number of carbonyl (C=O) groups is 1. The monoisotopic (exact) mass is 328 g/mol. The van der Waals surface area contributed by atoms with Crippen molar-refractivity contribution in [2.45, 2.75) is 33.4 Å². The van der Waals surface area contributed by atoms with Gasteiger partial charge in [0.2, 0.25) is 0 Å². The first-order chi connectivity index (χ1) is 11.7. The molecule has 0 spiro atoms. The number of hydrogen-bond acceptors (Lipinski definition) is 5. The summed E-state index contributed by atoms with van der Waals surface area (Å²) in [7, 11) is 0. The van der Waals surface area contributed by atoms with Crippen LogP contribution >= 0.6 is 0 Å². The average molecular weight is 328 g/mol. The minimum Gasteiger partial charge on any atom is -0.336 e. The van der Waals surface area contributed by atoms with Crippen molar-refractivity contribution in [1.29, 1.82) is 0 Å². The highest BCUT2D eigenvalue weighted by molar-refractivity contribution is 5.92. The number of nitrogens with zero attached hydrogens (tertiary/aromatic N) is 6. The van der Waals surface area contributed by atoms with E-state index < -0.39 is 0 Å². The van der Waals surface area contributed by atoms with Crippen LogP contribution in [0.2, 0.25) is 0 Å². The van der Waals surface area contributed by atoms with E-state index in [0.717, 1.165) is 51.4 Å². The number of rotatable bonds is 4. The molecule has 0 aromatic carbocycles. The first-order valence-electron chi connectivity index (χ1n) is 8.47. The molecule has 0 unspecified atom stereocenters. The molecule has 7 heteroatoms. The fraction of sp³-hybridized carbons (Fsp3) is 0.529. The molecule has 0 saturated carbocycles. The first-order valence-corrected chi connectivity index (χ1v) is 8.47. The van der Waals surface area contributed by atoms with Crippen LogP contribution in [0.3, 0.4) is 0 Å². The van der Waals surface area contributed by atoms with E-state index in [1.807, 2.05) is 22.7 Å². The van der Waals surface area contributed by atoms with E-state index in [-0.39, 0.29) is 5.91 Å². The van der Waals surface area contributed by atoms with E-state index in [9.17, 15) is 4.79 Å². The molecule has 0 bridgehead atoms. The van der Waals surface area contributed by atoms with E-state index in [0.29, 0.717) is 5.69 Å². The molecule has 24 heavy (non-hydrogen) atoms. The van der Waals surface area contributed by atoms with Crippen LogP contribution in [-0.2, 0) is 13.1 Å². The van der Waals surface area contributed by atoms with Crippen LogP contribution in [0.4, 0.5) is 0 Å². The lowest BCUT2D eigenvalue weighted by molar-refractivity contribution is 0.0754. The van der Waals surface area contributed by atoms with Gasteiger partial charge in [0.15, 0.2) is 0 Å². The molecule has 0 atom stereocenters. The number of aromatic nitrogens is 4. The molecule has 1 amide bonds. The van der Waals surface area contributed by atoms with Crippen molar-refractivity contribution in [2.75, 3.05) is 26.2 Å². The Morgan fingerprint density at radius 3 is 2.71 bits per heavy atom.